The van der Waals surface area contributed by atoms with Crippen molar-refractivity contribution in [1.29, 1.82) is 5.26 Å². The molecule has 2 N–H and O–H groups in total. The summed E-state index contributed by atoms with van der Waals surface area (Å²) in [5, 5.41) is 10.5. The van der Waals surface area contributed by atoms with E-state index in [-0.39, 0.29) is 23.0 Å². The van der Waals surface area contributed by atoms with E-state index in [1.807, 2.05) is 25.1 Å². The van der Waals surface area contributed by atoms with Gasteiger partial charge in [-0.3, -0.25) is 0 Å². The van der Waals surface area contributed by atoms with Crippen molar-refractivity contribution in [1.82, 2.24) is 0 Å². The first-order valence-electron chi connectivity index (χ1n) is 13.9. The van der Waals surface area contributed by atoms with Crippen molar-refractivity contribution in [2.24, 2.45) is 5.73 Å². The van der Waals surface area contributed by atoms with Gasteiger partial charge in [0.2, 0.25) is 11.6 Å². The van der Waals surface area contributed by atoms with E-state index >= 15 is 0 Å². The van der Waals surface area contributed by atoms with Gasteiger partial charge in [0.1, 0.15) is 34.5 Å². The number of ether oxygens (including phenoxy) is 4. The monoisotopic (exact) mass is 570 g/mol. The van der Waals surface area contributed by atoms with E-state index in [2.05, 4.69) is 13.0 Å². The van der Waals surface area contributed by atoms with Crippen molar-refractivity contribution in [2.45, 2.75) is 46.0 Å². The highest BCUT2D eigenvalue weighted by Gasteiger charge is 2.32. The van der Waals surface area contributed by atoms with Gasteiger partial charge in [0.15, 0.2) is 11.5 Å². The molecule has 2 heterocycles. The highest BCUT2D eigenvalue weighted by Crippen LogP contribution is 2.45. The molecule has 0 aliphatic carbocycles. The van der Waals surface area contributed by atoms with Crippen LogP contribution in [-0.4, -0.2) is 19.2 Å². The zero-order valence-electron chi connectivity index (χ0n) is 23.7. The van der Waals surface area contributed by atoms with Crippen LogP contribution in [-0.2, 0) is 0 Å². The zero-order valence-corrected chi connectivity index (χ0v) is 23.7. The average Bonchev–Trinajstić information content (AvgIpc) is 3.30. The number of benzene rings is 3. The smallest absolute Gasteiger partial charge is 0.379 e. The van der Waals surface area contributed by atoms with Crippen molar-refractivity contribution in [3.05, 3.63) is 94.3 Å². The van der Waals surface area contributed by atoms with Crippen LogP contribution in [0, 0.1) is 24.1 Å². The summed E-state index contributed by atoms with van der Waals surface area (Å²) < 4.78 is 42.6. The van der Waals surface area contributed by atoms with Crippen LogP contribution in [0.4, 0.5) is 4.39 Å². The molecule has 1 aromatic heterocycles. The zero-order chi connectivity index (χ0) is 29.8. The van der Waals surface area contributed by atoms with Crippen LogP contribution in [0.25, 0.3) is 11.0 Å². The molecule has 1 unspecified atom stereocenters. The number of hydrogen-bond acceptors (Lipinski definition) is 8. The minimum absolute atomic E-state index is 0.0289. The summed E-state index contributed by atoms with van der Waals surface area (Å²) in [7, 11) is 0. The molecule has 0 radical (unpaired) electrons. The maximum absolute atomic E-state index is 13.7. The van der Waals surface area contributed by atoms with Gasteiger partial charge in [-0.2, -0.15) is 5.26 Å². The molecule has 0 bridgehead atoms. The Balaban J connectivity index is 1.45. The van der Waals surface area contributed by atoms with Crippen molar-refractivity contribution in [3.63, 3.8) is 0 Å². The number of hydrogen-bond donors (Lipinski definition) is 1. The molecule has 42 heavy (non-hydrogen) atoms. The second kappa shape index (κ2) is 12.3. The van der Waals surface area contributed by atoms with Gasteiger partial charge in [0, 0.05) is 22.6 Å². The number of carbonyl (C=O) groups is 1. The number of nitriles is 1. The lowest BCUT2D eigenvalue weighted by Gasteiger charge is -2.27. The molecular weight excluding hydrogens is 539 g/mol. The topological polar surface area (TPSA) is 117 Å². The van der Waals surface area contributed by atoms with E-state index in [0.29, 0.717) is 52.6 Å². The number of esters is 1. The molecule has 1 aliphatic heterocycles. The van der Waals surface area contributed by atoms with Crippen LogP contribution < -0.4 is 24.7 Å². The summed E-state index contributed by atoms with van der Waals surface area (Å²) in [6, 6.07) is 16.6. The third-order valence-electron chi connectivity index (χ3n) is 7.09. The highest BCUT2D eigenvalue weighted by molar-refractivity contribution is 5.96. The molecule has 8 nitrogen and oxygen atoms in total. The third kappa shape index (κ3) is 5.61. The minimum atomic E-state index is -0.742. The lowest BCUT2D eigenvalue weighted by Crippen LogP contribution is -2.21. The maximum atomic E-state index is 13.7. The average molecular weight is 571 g/mol. The number of nitrogens with two attached hydrogens (primary N) is 1. The van der Waals surface area contributed by atoms with Crippen molar-refractivity contribution < 1.29 is 32.5 Å². The number of fused-ring (bicyclic) bond motifs is 2. The molecule has 1 aliphatic rings. The summed E-state index contributed by atoms with van der Waals surface area (Å²) in [5.74, 6) is -0.0845. The summed E-state index contributed by atoms with van der Waals surface area (Å²) in [5.41, 5.74) is 8.71. The molecule has 0 saturated carbocycles. The molecule has 3 aromatic carbocycles. The second-order valence-corrected chi connectivity index (χ2v) is 9.91. The minimum Gasteiger partial charge on any atom is -0.490 e. The molecule has 0 fully saturated rings. The van der Waals surface area contributed by atoms with E-state index < -0.39 is 17.7 Å². The van der Waals surface area contributed by atoms with Gasteiger partial charge in [0.05, 0.1) is 19.1 Å². The lowest BCUT2D eigenvalue weighted by molar-refractivity contribution is 0.0702. The molecule has 4 aromatic rings. The molecule has 1 atom stereocenters. The van der Waals surface area contributed by atoms with Gasteiger partial charge in [-0.25, -0.2) is 9.18 Å². The fourth-order valence-corrected chi connectivity index (χ4v) is 5.01. The Bertz CT molecular complexity index is 1720. The molecule has 0 saturated heterocycles. The van der Waals surface area contributed by atoms with Gasteiger partial charge in [-0.1, -0.05) is 31.9 Å². The van der Waals surface area contributed by atoms with Crippen LogP contribution in [0.2, 0.25) is 0 Å². The van der Waals surface area contributed by atoms with Gasteiger partial charge >= 0.3 is 5.97 Å². The number of aryl methyl sites for hydroxylation is 1. The first-order valence-corrected chi connectivity index (χ1v) is 13.9. The van der Waals surface area contributed by atoms with Crippen LogP contribution in [0.1, 0.15) is 66.3 Å². The Kier molecular flexibility index (Phi) is 8.34. The van der Waals surface area contributed by atoms with Crippen molar-refractivity contribution in [3.8, 4) is 29.1 Å². The van der Waals surface area contributed by atoms with Crippen LogP contribution in [0.5, 0.6) is 23.0 Å². The quantitative estimate of drug-likeness (QED) is 0.120. The Hall–Kier alpha value is -4.97. The van der Waals surface area contributed by atoms with Gasteiger partial charge in [0.25, 0.3) is 0 Å². The van der Waals surface area contributed by atoms with Crippen molar-refractivity contribution in [2.75, 3.05) is 13.2 Å². The van der Waals surface area contributed by atoms with Crippen LogP contribution in [0.15, 0.2) is 70.5 Å². The number of unbranched alkanes of at least 4 members (excludes halogenated alkanes) is 2. The lowest BCUT2D eigenvalue weighted by atomic mass is 9.83. The summed E-state index contributed by atoms with van der Waals surface area (Å²) in [6.07, 6.45) is 3.11. The largest absolute Gasteiger partial charge is 0.490 e. The van der Waals surface area contributed by atoms with Crippen LogP contribution >= 0.6 is 0 Å². The Morgan fingerprint density at radius 1 is 1.05 bits per heavy atom. The number of nitrogens with zero attached hydrogens (tertiary/aromatic N) is 1. The molecule has 9 heteroatoms. The molecule has 0 amide bonds. The van der Waals surface area contributed by atoms with E-state index in [0.717, 1.165) is 24.8 Å². The third-order valence-corrected chi connectivity index (χ3v) is 7.09. The molecule has 216 valence electrons. The number of furan rings is 1. The second-order valence-electron chi connectivity index (χ2n) is 9.91. The summed E-state index contributed by atoms with van der Waals surface area (Å²) in [4.78, 5) is 13.0. The summed E-state index contributed by atoms with van der Waals surface area (Å²) >= 11 is 0. The maximum Gasteiger partial charge on any atom is 0.379 e. The van der Waals surface area contributed by atoms with E-state index in [1.54, 1.807) is 19.1 Å². The highest BCUT2D eigenvalue weighted by atomic mass is 19.1. The van der Waals surface area contributed by atoms with Crippen LogP contribution in [0.3, 0.4) is 0 Å². The van der Waals surface area contributed by atoms with E-state index in [4.69, 9.17) is 29.1 Å². The Morgan fingerprint density at radius 2 is 1.88 bits per heavy atom. The number of halogens is 1. The first-order chi connectivity index (χ1) is 20.3. The van der Waals surface area contributed by atoms with Gasteiger partial charge in [-0.15, -0.1) is 0 Å². The number of allylic oxidation sites excluding steroid dienone is 1. The predicted octanol–water partition coefficient (Wildman–Crippen LogP) is 7.29. The number of rotatable bonds is 10. The summed E-state index contributed by atoms with van der Waals surface area (Å²) in [6.45, 7) is 6.71. The fraction of sp³-hybridized carbons (Fsp3) is 0.273. The molecule has 0 spiro atoms. The van der Waals surface area contributed by atoms with E-state index in [9.17, 15) is 14.4 Å². The van der Waals surface area contributed by atoms with Crippen molar-refractivity contribution >= 4 is 16.9 Å². The fourth-order valence-electron chi connectivity index (χ4n) is 5.01. The van der Waals surface area contributed by atoms with Gasteiger partial charge in [-0.05, 0) is 62.2 Å². The van der Waals surface area contributed by atoms with Gasteiger partial charge < -0.3 is 29.1 Å². The normalized spacial score (nSPS) is 14.2. The predicted molar refractivity (Wildman–Crippen MR) is 154 cm³/mol. The Labute approximate surface area is 243 Å². The standard InChI is InChI=1S/C33H31FN2O6/c1-4-6-7-14-39-27-12-8-20(15-29(27)38-5-2)30-23-11-10-22(17-28(23)42-32(36)25(30)18-35)40-33(37)31-19(3)24-16-21(34)9-13-26(24)41-31/h8-13,15-17,30H,4-7,14,36H2,1-3H3. The SMILES string of the molecule is CCCCCOc1ccc(C2C(C#N)=C(N)Oc3cc(OC(=O)c4oc5ccc(F)cc5c4C)ccc32)cc1OCC. The molecule has 5 rings (SSSR count). The van der Waals surface area contributed by atoms with E-state index in [1.165, 1.54) is 24.3 Å². The molecular formula is C33H31FN2O6. The first kappa shape index (κ1) is 28.6. The number of carbonyl (C=O) groups excluding carboxylic acids is 1. The Morgan fingerprint density at radius 3 is 2.64 bits per heavy atom.